The van der Waals surface area contributed by atoms with Gasteiger partial charge < -0.3 is 15.5 Å². The van der Waals surface area contributed by atoms with Crippen molar-refractivity contribution in [3.63, 3.8) is 0 Å². The first-order chi connectivity index (χ1) is 12.0. The van der Waals surface area contributed by atoms with Crippen LogP contribution in [0.3, 0.4) is 0 Å². The van der Waals surface area contributed by atoms with Crippen molar-refractivity contribution in [2.24, 2.45) is 0 Å². The van der Waals surface area contributed by atoms with E-state index in [0.29, 0.717) is 26.2 Å². The number of hydrogen-bond acceptors (Lipinski definition) is 7. The Kier molecular flexibility index (Phi) is 8.56. The smallest absolute Gasteiger partial charge is 0.317 e. The number of nitrogens with one attached hydrogen (secondary N) is 1. The second-order valence-corrected chi connectivity index (χ2v) is 6.77. The molecule has 0 aromatic rings. The van der Waals surface area contributed by atoms with E-state index in [-0.39, 0.29) is 13.1 Å². The van der Waals surface area contributed by atoms with Crippen LogP contribution in [-0.2, 0) is 9.59 Å². The van der Waals surface area contributed by atoms with E-state index >= 15 is 0 Å². The minimum Gasteiger partial charge on any atom is -0.480 e. The molecule has 0 aromatic carbocycles. The molecule has 0 aromatic heterocycles. The van der Waals surface area contributed by atoms with Gasteiger partial charge in [-0.1, -0.05) is 0 Å². The molecule has 144 valence electrons. The first-order valence-electron chi connectivity index (χ1n) is 9.06. The average Bonchev–Trinajstić information content (AvgIpc) is 2.65. The van der Waals surface area contributed by atoms with E-state index in [4.69, 9.17) is 10.2 Å². The van der Waals surface area contributed by atoms with Crippen molar-refractivity contribution in [2.75, 3.05) is 91.6 Å². The lowest BCUT2D eigenvalue weighted by molar-refractivity contribution is -0.140. The largest absolute Gasteiger partial charge is 0.480 e. The van der Waals surface area contributed by atoms with Crippen molar-refractivity contribution in [3.8, 4) is 0 Å². The maximum atomic E-state index is 11.0. The van der Waals surface area contributed by atoms with Crippen molar-refractivity contribution >= 4 is 11.9 Å². The molecule has 2 aliphatic rings. The summed E-state index contributed by atoms with van der Waals surface area (Å²) in [5.41, 5.74) is 0. The van der Waals surface area contributed by atoms with E-state index in [2.05, 4.69) is 15.1 Å². The SMILES string of the molecule is O=C(O)CN1CCN(CCN2CCNCC2)CCN(CC(=O)O)CC1. The predicted molar refractivity (Wildman–Crippen MR) is 93.9 cm³/mol. The highest BCUT2D eigenvalue weighted by molar-refractivity contribution is 5.69. The molecule has 25 heavy (non-hydrogen) atoms. The Morgan fingerprint density at radius 2 is 1.00 bits per heavy atom. The topological polar surface area (TPSA) is 99.6 Å². The van der Waals surface area contributed by atoms with E-state index < -0.39 is 11.9 Å². The Morgan fingerprint density at radius 3 is 1.40 bits per heavy atom. The van der Waals surface area contributed by atoms with Crippen molar-refractivity contribution in [2.45, 2.75) is 0 Å². The molecule has 9 nitrogen and oxygen atoms in total. The van der Waals surface area contributed by atoms with Crippen LogP contribution in [0.5, 0.6) is 0 Å². The molecule has 3 N–H and O–H groups in total. The van der Waals surface area contributed by atoms with Crippen LogP contribution in [0, 0.1) is 0 Å². The molecule has 2 aliphatic heterocycles. The molecule has 0 saturated carbocycles. The zero-order chi connectivity index (χ0) is 18.1. The maximum absolute atomic E-state index is 11.0. The Morgan fingerprint density at radius 1 is 0.640 bits per heavy atom. The van der Waals surface area contributed by atoms with Crippen LogP contribution in [0.4, 0.5) is 0 Å². The van der Waals surface area contributed by atoms with E-state index in [1.165, 1.54) is 0 Å². The van der Waals surface area contributed by atoms with E-state index in [1.807, 2.05) is 9.80 Å². The third kappa shape index (κ3) is 8.10. The zero-order valence-electron chi connectivity index (χ0n) is 14.9. The molecular weight excluding hydrogens is 326 g/mol. The van der Waals surface area contributed by atoms with E-state index in [9.17, 15) is 9.59 Å². The predicted octanol–water partition coefficient (Wildman–Crippen LogP) is -2.02. The van der Waals surface area contributed by atoms with Crippen LogP contribution in [0.15, 0.2) is 0 Å². The quantitative estimate of drug-likeness (QED) is 0.477. The summed E-state index contributed by atoms with van der Waals surface area (Å²) in [5.74, 6) is -1.67. The molecule has 2 rings (SSSR count). The number of aliphatic carboxylic acids is 2. The number of carboxylic acid groups (broad SMARTS) is 2. The number of nitrogens with zero attached hydrogens (tertiary/aromatic N) is 4. The van der Waals surface area contributed by atoms with Gasteiger partial charge in [0, 0.05) is 78.5 Å². The molecule has 2 saturated heterocycles. The highest BCUT2D eigenvalue weighted by Gasteiger charge is 2.20. The van der Waals surface area contributed by atoms with Gasteiger partial charge in [0.25, 0.3) is 0 Å². The summed E-state index contributed by atoms with van der Waals surface area (Å²) in [6, 6.07) is 0. The number of hydrogen-bond donors (Lipinski definition) is 3. The second-order valence-electron chi connectivity index (χ2n) is 6.77. The first kappa shape index (κ1) is 20.1. The van der Waals surface area contributed by atoms with Gasteiger partial charge in [-0.15, -0.1) is 0 Å². The van der Waals surface area contributed by atoms with Gasteiger partial charge in [0.2, 0.25) is 0 Å². The molecule has 0 spiro atoms. The number of rotatable bonds is 7. The summed E-state index contributed by atoms with van der Waals surface area (Å²) in [5, 5.41) is 21.5. The van der Waals surface area contributed by atoms with Gasteiger partial charge >= 0.3 is 11.9 Å². The van der Waals surface area contributed by atoms with Gasteiger partial charge in [0.1, 0.15) is 0 Å². The highest BCUT2D eigenvalue weighted by atomic mass is 16.4. The third-order valence-electron chi connectivity index (χ3n) is 4.86. The molecule has 2 fully saturated rings. The number of carboxylic acids is 2. The van der Waals surface area contributed by atoms with Crippen LogP contribution in [-0.4, -0.2) is 133 Å². The van der Waals surface area contributed by atoms with Crippen molar-refractivity contribution < 1.29 is 19.8 Å². The van der Waals surface area contributed by atoms with Gasteiger partial charge in [-0.05, 0) is 0 Å². The van der Waals surface area contributed by atoms with Gasteiger partial charge in [-0.25, -0.2) is 0 Å². The summed E-state index contributed by atoms with van der Waals surface area (Å²) in [6.45, 7) is 10.3. The standard InChI is InChI=1S/C16H31N5O4/c22-15(23)13-20-9-7-19(6-5-18-3-1-17-2-4-18)8-10-21(12-11-20)14-16(24)25/h17H,1-14H2,(H,22,23)(H,24,25). The lowest BCUT2D eigenvalue weighted by Gasteiger charge is -2.31. The second kappa shape index (κ2) is 10.7. The van der Waals surface area contributed by atoms with Gasteiger partial charge in [0.05, 0.1) is 13.1 Å². The molecule has 0 radical (unpaired) electrons. The first-order valence-corrected chi connectivity index (χ1v) is 9.06. The fourth-order valence-corrected chi connectivity index (χ4v) is 3.32. The normalized spacial score (nSPS) is 22.9. The number of carbonyl (C=O) groups is 2. The van der Waals surface area contributed by atoms with Crippen LogP contribution < -0.4 is 5.32 Å². The summed E-state index contributed by atoms with van der Waals surface area (Å²) in [4.78, 5) is 30.7. The minimum atomic E-state index is -0.837. The van der Waals surface area contributed by atoms with E-state index in [1.54, 1.807) is 0 Å². The van der Waals surface area contributed by atoms with Crippen LogP contribution in [0.25, 0.3) is 0 Å². The van der Waals surface area contributed by atoms with Gasteiger partial charge in [0.15, 0.2) is 0 Å². The summed E-state index contributed by atoms with van der Waals surface area (Å²) >= 11 is 0. The fourth-order valence-electron chi connectivity index (χ4n) is 3.32. The van der Waals surface area contributed by atoms with Crippen LogP contribution >= 0.6 is 0 Å². The molecule has 0 unspecified atom stereocenters. The Labute approximate surface area is 149 Å². The maximum Gasteiger partial charge on any atom is 0.317 e. The molecular formula is C16H31N5O4. The zero-order valence-corrected chi connectivity index (χ0v) is 14.9. The highest BCUT2D eigenvalue weighted by Crippen LogP contribution is 2.02. The average molecular weight is 357 g/mol. The Balaban J connectivity index is 1.88. The lowest BCUT2D eigenvalue weighted by Crippen LogP contribution is -2.47. The van der Waals surface area contributed by atoms with Crippen LogP contribution in [0.2, 0.25) is 0 Å². The Bertz CT molecular complexity index is 403. The van der Waals surface area contributed by atoms with Gasteiger partial charge in [-0.3, -0.25) is 29.2 Å². The van der Waals surface area contributed by atoms with Crippen molar-refractivity contribution in [3.05, 3.63) is 0 Å². The summed E-state index contributed by atoms with van der Waals surface area (Å²) < 4.78 is 0. The summed E-state index contributed by atoms with van der Waals surface area (Å²) in [6.07, 6.45) is 0. The molecule has 0 aliphatic carbocycles. The molecule has 0 atom stereocenters. The third-order valence-corrected chi connectivity index (χ3v) is 4.86. The fraction of sp³-hybridized carbons (Fsp3) is 0.875. The van der Waals surface area contributed by atoms with Gasteiger partial charge in [-0.2, -0.15) is 0 Å². The van der Waals surface area contributed by atoms with Crippen molar-refractivity contribution in [1.82, 2.24) is 24.9 Å². The molecule has 0 bridgehead atoms. The van der Waals surface area contributed by atoms with Crippen LogP contribution in [0.1, 0.15) is 0 Å². The minimum absolute atomic E-state index is 0.00649. The Hall–Kier alpha value is -1.26. The molecule has 9 heteroatoms. The molecule has 0 amide bonds. The van der Waals surface area contributed by atoms with Crippen molar-refractivity contribution in [1.29, 1.82) is 0 Å². The number of piperazine rings is 1. The monoisotopic (exact) mass is 357 g/mol. The lowest BCUT2D eigenvalue weighted by atomic mass is 10.3. The summed E-state index contributed by atoms with van der Waals surface area (Å²) in [7, 11) is 0. The van der Waals surface area contributed by atoms with E-state index in [0.717, 1.165) is 52.4 Å². The molecule has 2 heterocycles.